The molecule has 0 aromatic heterocycles. The van der Waals surface area contributed by atoms with Crippen molar-refractivity contribution < 1.29 is 22.9 Å². The Kier molecular flexibility index (Phi) is 5.89. The zero-order chi connectivity index (χ0) is 11.6. The van der Waals surface area contributed by atoms with Gasteiger partial charge in [-0.15, -0.1) is 0 Å². The van der Waals surface area contributed by atoms with Crippen LogP contribution in [0.25, 0.3) is 0 Å². The summed E-state index contributed by atoms with van der Waals surface area (Å²) in [7, 11) is -4.82. The molecule has 1 saturated heterocycles. The van der Waals surface area contributed by atoms with Crippen LogP contribution in [0.15, 0.2) is 0 Å². The van der Waals surface area contributed by atoms with E-state index in [2.05, 4.69) is 0 Å². The van der Waals surface area contributed by atoms with E-state index < -0.39 is 27.5 Å². The number of amides is 1. The van der Waals surface area contributed by atoms with Crippen LogP contribution in [-0.4, -0.2) is 76.5 Å². The summed E-state index contributed by atoms with van der Waals surface area (Å²) in [5.41, 5.74) is -2.49. The van der Waals surface area contributed by atoms with Crippen molar-refractivity contribution in [2.75, 3.05) is 6.54 Å². The van der Waals surface area contributed by atoms with Crippen LogP contribution >= 0.6 is 0 Å². The van der Waals surface area contributed by atoms with Gasteiger partial charge in [0.15, 0.2) is 0 Å². The van der Waals surface area contributed by atoms with Gasteiger partial charge >= 0.3 is 39.7 Å². The van der Waals surface area contributed by atoms with E-state index >= 15 is 0 Å². The molecule has 1 aliphatic heterocycles. The van der Waals surface area contributed by atoms with Crippen LogP contribution in [0.3, 0.4) is 0 Å². The van der Waals surface area contributed by atoms with Crippen LogP contribution < -0.4 is 0 Å². The number of hydrogen-bond acceptors (Lipinski definition) is 5. The maximum atomic E-state index is 11.3. The van der Waals surface area contributed by atoms with Crippen molar-refractivity contribution in [3.05, 3.63) is 0 Å². The molecule has 2 unspecified atom stereocenters. The van der Waals surface area contributed by atoms with Gasteiger partial charge in [-0.2, -0.15) is 13.7 Å². The predicted molar refractivity (Wildman–Crippen MR) is 55.1 cm³/mol. The number of aliphatic hydroxyl groups is 1. The third kappa shape index (κ3) is 3.41. The van der Waals surface area contributed by atoms with Crippen LogP contribution in [0.4, 0.5) is 0 Å². The summed E-state index contributed by atoms with van der Waals surface area (Å²) < 4.78 is 29.5. The molecule has 9 heteroatoms. The topological polar surface area (TPSA) is 119 Å². The van der Waals surface area contributed by atoms with Crippen LogP contribution in [0.1, 0.15) is 12.8 Å². The molecule has 0 saturated carbocycles. The van der Waals surface area contributed by atoms with Crippen molar-refractivity contribution in [2.24, 2.45) is 0 Å². The first-order valence-corrected chi connectivity index (χ1v) is 5.72. The van der Waals surface area contributed by atoms with Crippen molar-refractivity contribution in [3.63, 3.8) is 0 Å². The van der Waals surface area contributed by atoms with Gasteiger partial charge in [0.1, 0.15) is 6.04 Å². The van der Waals surface area contributed by atoms with Gasteiger partial charge in [-0.25, -0.2) is 0 Å². The Morgan fingerprint density at radius 2 is 2.12 bits per heavy atom. The second-order valence-electron chi connectivity index (χ2n) is 3.19. The Bertz CT molecular complexity index is 403. The molecule has 2 atom stereocenters. The zero-order valence-corrected chi connectivity index (χ0v) is 8.51. The Morgan fingerprint density at radius 1 is 1.56 bits per heavy atom. The maximum absolute atomic E-state index is 11.3. The molecule has 7 nitrogen and oxygen atoms in total. The number of carbonyl (C=O) groups excluding carboxylic acids is 1. The van der Waals surface area contributed by atoms with Crippen molar-refractivity contribution >= 4 is 45.6 Å². The monoisotopic (exact) mass is 258 g/mol. The molecule has 0 aromatic carbocycles. The molecule has 0 aliphatic carbocycles. The first-order chi connectivity index (χ1) is 6.88. The van der Waals surface area contributed by atoms with E-state index in [1.54, 1.807) is 0 Å². The Labute approximate surface area is 115 Å². The number of aliphatic hydroxyl groups excluding tert-OH is 1. The summed E-state index contributed by atoms with van der Waals surface area (Å²) in [5, 5.41) is 17.6. The predicted octanol–water partition coefficient (Wildman–Crippen LogP) is -1.94. The first-order valence-electron chi connectivity index (χ1n) is 4.22. The standard InChI is InChI=1S/C7H10N2O5S.Na.H/c8-4-5-2-1-3-9(5)6(10)7(11)15(12,13)14;;/h5,7,11H,1-3H2,(H,12,13,14);;. The summed E-state index contributed by atoms with van der Waals surface area (Å²) in [6, 6.07) is 1.09. The average Bonchev–Trinajstić information content (AvgIpc) is 2.61. The molecule has 2 N–H and O–H groups in total. The summed E-state index contributed by atoms with van der Waals surface area (Å²) in [6.07, 6.45) is 1.02. The summed E-state index contributed by atoms with van der Waals surface area (Å²) >= 11 is 0. The number of nitrogens with zero attached hydrogens (tertiary/aromatic N) is 2. The van der Waals surface area contributed by atoms with Gasteiger partial charge in [0.25, 0.3) is 11.3 Å². The van der Waals surface area contributed by atoms with Gasteiger partial charge in [0.2, 0.25) is 0 Å². The molecule has 86 valence electrons. The Balaban J connectivity index is 0.00000225. The SMILES string of the molecule is N#CC1CCCN1C(=O)C(O)S(=O)(=O)O.[NaH]. The summed E-state index contributed by atoms with van der Waals surface area (Å²) in [4.78, 5) is 12.3. The number of rotatable bonds is 2. The van der Waals surface area contributed by atoms with Gasteiger partial charge in [-0.1, -0.05) is 0 Å². The molecule has 0 radical (unpaired) electrons. The quantitative estimate of drug-likeness (QED) is 0.439. The molecule has 0 spiro atoms. The minimum absolute atomic E-state index is 0. The first kappa shape index (κ1) is 15.8. The molecular weight excluding hydrogens is 247 g/mol. The summed E-state index contributed by atoms with van der Waals surface area (Å²) in [6.45, 7) is 0.212. The normalized spacial score (nSPS) is 22.1. The van der Waals surface area contributed by atoms with Crippen molar-refractivity contribution in [3.8, 4) is 6.07 Å². The van der Waals surface area contributed by atoms with Crippen LogP contribution in [0, 0.1) is 11.3 Å². The molecule has 16 heavy (non-hydrogen) atoms. The molecular formula is C7H11N2NaO5S. The van der Waals surface area contributed by atoms with E-state index in [1.165, 1.54) is 0 Å². The van der Waals surface area contributed by atoms with E-state index in [0.717, 1.165) is 4.90 Å². The molecule has 1 amide bonds. The van der Waals surface area contributed by atoms with Crippen molar-refractivity contribution in [1.82, 2.24) is 4.90 Å². The third-order valence-electron chi connectivity index (χ3n) is 2.18. The molecule has 1 aliphatic rings. The van der Waals surface area contributed by atoms with E-state index in [0.29, 0.717) is 12.8 Å². The van der Waals surface area contributed by atoms with E-state index in [1.807, 2.05) is 6.07 Å². The summed E-state index contributed by atoms with van der Waals surface area (Å²) in [5.74, 6) is -1.15. The fourth-order valence-electron chi connectivity index (χ4n) is 1.43. The van der Waals surface area contributed by atoms with Gasteiger partial charge in [-0.05, 0) is 12.8 Å². The number of likely N-dealkylation sites (tertiary alicyclic amines) is 1. The molecule has 0 aromatic rings. The van der Waals surface area contributed by atoms with Crippen LogP contribution in [0.5, 0.6) is 0 Å². The molecule has 1 fully saturated rings. The Hall–Kier alpha value is -0.170. The van der Waals surface area contributed by atoms with Gasteiger partial charge < -0.3 is 10.0 Å². The molecule has 0 bridgehead atoms. The second kappa shape index (κ2) is 5.95. The minimum atomic E-state index is -4.82. The second-order valence-corrected chi connectivity index (χ2v) is 4.66. The number of hydrogen-bond donors (Lipinski definition) is 2. The van der Waals surface area contributed by atoms with Crippen LogP contribution in [-0.2, 0) is 14.9 Å². The average molecular weight is 258 g/mol. The van der Waals surface area contributed by atoms with Crippen LogP contribution in [0.2, 0.25) is 0 Å². The van der Waals surface area contributed by atoms with Crippen molar-refractivity contribution in [1.29, 1.82) is 5.26 Å². The Morgan fingerprint density at radius 3 is 2.56 bits per heavy atom. The fraction of sp³-hybridized carbons (Fsp3) is 0.714. The van der Waals surface area contributed by atoms with E-state index in [9.17, 15) is 13.2 Å². The van der Waals surface area contributed by atoms with Crippen molar-refractivity contribution in [2.45, 2.75) is 24.3 Å². The van der Waals surface area contributed by atoms with Gasteiger partial charge in [0.05, 0.1) is 6.07 Å². The zero-order valence-electron chi connectivity index (χ0n) is 7.70. The van der Waals surface area contributed by atoms with E-state index in [4.69, 9.17) is 14.9 Å². The van der Waals surface area contributed by atoms with Gasteiger partial charge in [0, 0.05) is 6.54 Å². The molecule has 1 rings (SSSR count). The van der Waals surface area contributed by atoms with E-state index in [-0.39, 0.29) is 36.1 Å². The molecule has 1 heterocycles. The fourth-order valence-corrected chi connectivity index (χ4v) is 1.82. The van der Waals surface area contributed by atoms with Gasteiger partial charge in [-0.3, -0.25) is 9.35 Å². The number of carbonyl (C=O) groups is 1. The number of nitriles is 1. The third-order valence-corrected chi connectivity index (χ3v) is 2.94.